The number of nitrogens with zero attached hydrogens (tertiary/aromatic N) is 2. The Morgan fingerprint density at radius 3 is 2.38 bits per heavy atom. The van der Waals surface area contributed by atoms with E-state index in [0.29, 0.717) is 17.2 Å². The van der Waals surface area contributed by atoms with Crippen LogP contribution in [-0.2, 0) is 24.2 Å². The largest absolute Gasteiger partial charge is 0.299 e. The smallest absolute Gasteiger partial charge is 0.141 e. The van der Waals surface area contributed by atoms with Crippen molar-refractivity contribution in [3.8, 4) is 0 Å². The summed E-state index contributed by atoms with van der Waals surface area (Å²) < 4.78 is 1.90. The van der Waals surface area contributed by atoms with Gasteiger partial charge in [-0.3, -0.25) is 9.48 Å². The normalized spacial score (nSPS) is 17.5. The van der Waals surface area contributed by atoms with Gasteiger partial charge >= 0.3 is 0 Å². The Morgan fingerprint density at radius 2 is 1.81 bits per heavy atom. The first kappa shape index (κ1) is 16.5. The Bertz CT molecular complexity index is 473. The molecule has 0 N–H and O–H groups in total. The van der Waals surface area contributed by atoms with Crippen LogP contribution in [0.15, 0.2) is 0 Å². The predicted octanol–water partition coefficient (Wildman–Crippen LogP) is 4.59. The van der Waals surface area contributed by atoms with Crippen LogP contribution >= 0.6 is 11.6 Å². The molecule has 118 valence electrons. The monoisotopic (exact) mass is 310 g/mol. The molecule has 1 fully saturated rings. The highest BCUT2D eigenvalue weighted by atomic mass is 35.5. The lowest BCUT2D eigenvalue weighted by atomic mass is 9.86. The van der Waals surface area contributed by atoms with Gasteiger partial charge in [0.1, 0.15) is 5.78 Å². The number of hydrogen-bond donors (Lipinski definition) is 0. The zero-order chi connectivity index (χ0) is 15.2. The van der Waals surface area contributed by atoms with Crippen molar-refractivity contribution < 1.29 is 4.79 Å². The highest BCUT2D eigenvalue weighted by molar-refractivity contribution is 6.32. The summed E-state index contributed by atoms with van der Waals surface area (Å²) in [5.74, 6) is 0.586. The van der Waals surface area contributed by atoms with Crippen LogP contribution in [0.3, 0.4) is 0 Å². The zero-order valence-corrected chi connectivity index (χ0v) is 14.1. The molecule has 1 aromatic rings. The van der Waals surface area contributed by atoms with Crippen molar-refractivity contribution >= 4 is 17.4 Å². The number of carbonyl (C=O) groups excluding carboxylic acids is 1. The van der Waals surface area contributed by atoms with Crippen molar-refractivity contribution in [3.63, 3.8) is 0 Å². The van der Waals surface area contributed by atoms with Crippen LogP contribution < -0.4 is 0 Å². The molecule has 1 aliphatic carbocycles. The molecule has 1 aliphatic rings. The Balaban J connectivity index is 2.09. The van der Waals surface area contributed by atoms with Crippen LogP contribution in [0.25, 0.3) is 0 Å². The molecule has 0 amide bonds. The van der Waals surface area contributed by atoms with Gasteiger partial charge in [-0.15, -0.1) is 0 Å². The number of aryl methyl sites for hydroxylation is 2. The Hall–Kier alpha value is -0.830. The molecule has 0 saturated heterocycles. The summed E-state index contributed by atoms with van der Waals surface area (Å²) in [7, 11) is 0. The highest BCUT2D eigenvalue weighted by Crippen LogP contribution is 2.27. The summed E-state index contributed by atoms with van der Waals surface area (Å²) in [5, 5.41) is 5.22. The second-order valence-corrected chi connectivity index (χ2v) is 6.44. The van der Waals surface area contributed by atoms with E-state index < -0.39 is 0 Å². The van der Waals surface area contributed by atoms with E-state index in [-0.39, 0.29) is 5.92 Å². The first-order chi connectivity index (χ1) is 10.2. The molecule has 4 heteroatoms. The summed E-state index contributed by atoms with van der Waals surface area (Å²) in [6.07, 6.45) is 9.63. The van der Waals surface area contributed by atoms with E-state index in [2.05, 4.69) is 12.0 Å². The second kappa shape index (κ2) is 7.98. The van der Waals surface area contributed by atoms with E-state index in [0.717, 1.165) is 37.2 Å². The molecule has 1 heterocycles. The van der Waals surface area contributed by atoms with E-state index in [4.69, 9.17) is 11.6 Å². The van der Waals surface area contributed by atoms with Gasteiger partial charge in [0, 0.05) is 12.5 Å². The average Bonchev–Trinajstić information content (AvgIpc) is 2.74. The number of hydrogen-bond acceptors (Lipinski definition) is 2. The van der Waals surface area contributed by atoms with E-state index in [1.165, 1.54) is 32.1 Å². The molecule has 0 aliphatic heterocycles. The Kier molecular flexibility index (Phi) is 6.28. The fraction of sp³-hybridized carbons (Fsp3) is 0.765. The quantitative estimate of drug-likeness (QED) is 0.797. The topological polar surface area (TPSA) is 34.9 Å². The number of Topliss-reactive ketones (excluding diaryl/α,β-unsaturated/α-hetero) is 1. The second-order valence-electron chi connectivity index (χ2n) is 6.06. The molecule has 0 atom stereocenters. The lowest BCUT2D eigenvalue weighted by Gasteiger charge is -2.18. The number of rotatable bonds is 5. The SMILES string of the molecule is CCc1nn(CC)c(CC(=O)C2CCCCCCC2)c1Cl. The molecule has 2 rings (SSSR count). The number of ketones is 1. The lowest BCUT2D eigenvalue weighted by molar-refractivity contribution is -0.122. The van der Waals surface area contributed by atoms with Gasteiger partial charge in [0.2, 0.25) is 0 Å². The molecule has 0 bridgehead atoms. The van der Waals surface area contributed by atoms with Crippen LogP contribution in [0, 0.1) is 5.92 Å². The molecular weight excluding hydrogens is 284 g/mol. The molecule has 0 aromatic carbocycles. The molecule has 1 aromatic heterocycles. The molecule has 0 unspecified atom stereocenters. The van der Waals surface area contributed by atoms with Crippen molar-refractivity contribution in [1.29, 1.82) is 0 Å². The first-order valence-corrected chi connectivity index (χ1v) is 8.81. The van der Waals surface area contributed by atoms with Gasteiger partial charge in [0.25, 0.3) is 0 Å². The van der Waals surface area contributed by atoms with Gasteiger partial charge in [-0.25, -0.2) is 0 Å². The summed E-state index contributed by atoms with van der Waals surface area (Å²) >= 11 is 6.41. The highest BCUT2D eigenvalue weighted by Gasteiger charge is 2.23. The molecule has 0 spiro atoms. The van der Waals surface area contributed by atoms with Gasteiger partial charge in [0.05, 0.1) is 22.8 Å². The fourth-order valence-corrected chi connectivity index (χ4v) is 3.61. The van der Waals surface area contributed by atoms with Crippen molar-refractivity contribution in [3.05, 3.63) is 16.4 Å². The van der Waals surface area contributed by atoms with E-state index in [1.807, 2.05) is 11.6 Å². The third-order valence-electron chi connectivity index (χ3n) is 4.60. The summed E-state index contributed by atoms with van der Waals surface area (Å²) in [6, 6.07) is 0. The minimum Gasteiger partial charge on any atom is -0.299 e. The standard InChI is InChI=1S/C17H27ClN2O/c1-3-14-17(18)15(20(4-2)19-14)12-16(21)13-10-8-6-5-7-9-11-13/h13H,3-12H2,1-2H3. The van der Waals surface area contributed by atoms with Crippen LogP contribution in [0.2, 0.25) is 5.02 Å². The van der Waals surface area contributed by atoms with Crippen LogP contribution in [0.4, 0.5) is 0 Å². The molecule has 21 heavy (non-hydrogen) atoms. The Morgan fingerprint density at radius 1 is 1.19 bits per heavy atom. The number of aromatic nitrogens is 2. The minimum absolute atomic E-state index is 0.228. The third-order valence-corrected chi connectivity index (χ3v) is 5.03. The van der Waals surface area contributed by atoms with Gasteiger partial charge in [-0.1, -0.05) is 50.6 Å². The number of halogens is 1. The molecular formula is C17H27ClN2O. The van der Waals surface area contributed by atoms with E-state index in [9.17, 15) is 4.79 Å². The molecule has 1 saturated carbocycles. The van der Waals surface area contributed by atoms with Gasteiger partial charge in [-0.05, 0) is 26.2 Å². The maximum Gasteiger partial charge on any atom is 0.141 e. The van der Waals surface area contributed by atoms with Gasteiger partial charge < -0.3 is 0 Å². The van der Waals surface area contributed by atoms with Crippen molar-refractivity contribution in [1.82, 2.24) is 9.78 Å². The summed E-state index contributed by atoms with van der Waals surface area (Å²) in [5.41, 5.74) is 1.84. The lowest BCUT2D eigenvalue weighted by Crippen LogP contribution is -2.20. The Labute approximate surface area is 133 Å². The zero-order valence-electron chi connectivity index (χ0n) is 13.3. The minimum atomic E-state index is 0.228. The van der Waals surface area contributed by atoms with Crippen molar-refractivity contribution in [2.24, 2.45) is 5.92 Å². The maximum atomic E-state index is 12.7. The maximum absolute atomic E-state index is 12.7. The number of carbonyl (C=O) groups is 1. The molecule has 0 radical (unpaired) electrons. The fourth-order valence-electron chi connectivity index (χ4n) is 3.27. The van der Waals surface area contributed by atoms with Crippen molar-refractivity contribution in [2.45, 2.75) is 78.2 Å². The van der Waals surface area contributed by atoms with E-state index in [1.54, 1.807) is 0 Å². The van der Waals surface area contributed by atoms with Gasteiger partial charge in [0.15, 0.2) is 0 Å². The first-order valence-electron chi connectivity index (χ1n) is 8.44. The third kappa shape index (κ3) is 4.09. The van der Waals surface area contributed by atoms with E-state index >= 15 is 0 Å². The summed E-state index contributed by atoms with van der Waals surface area (Å²) in [4.78, 5) is 12.7. The predicted molar refractivity (Wildman–Crippen MR) is 86.8 cm³/mol. The van der Waals surface area contributed by atoms with Crippen molar-refractivity contribution in [2.75, 3.05) is 0 Å². The van der Waals surface area contributed by atoms with Crippen LogP contribution in [0.5, 0.6) is 0 Å². The average molecular weight is 311 g/mol. The summed E-state index contributed by atoms with van der Waals surface area (Å²) in [6.45, 7) is 4.87. The van der Waals surface area contributed by atoms with Gasteiger partial charge in [-0.2, -0.15) is 5.10 Å². The molecule has 3 nitrogen and oxygen atoms in total. The van der Waals surface area contributed by atoms with Crippen LogP contribution in [-0.4, -0.2) is 15.6 Å². The van der Waals surface area contributed by atoms with Crippen LogP contribution in [0.1, 0.15) is 70.2 Å².